The molecule has 38 heteroatoms. The van der Waals surface area contributed by atoms with Gasteiger partial charge in [0, 0.05) is 179 Å². The van der Waals surface area contributed by atoms with Gasteiger partial charge in [0.15, 0.2) is 11.2 Å². The van der Waals surface area contributed by atoms with Gasteiger partial charge in [0.1, 0.15) is 47.7 Å². The van der Waals surface area contributed by atoms with Crippen LogP contribution in [0.5, 0.6) is 0 Å². The Labute approximate surface area is 798 Å². The van der Waals surface area contributed by atoms with Crippen molar-refractivity contribution in [2.75, 3.05) is 127 Å². The number of esters is 1. The zero-order valence-corrected chi connectivity index (χ0v) is 79.8. The molecule has 0 spiro atoms. The van der Waals surface area contributed by atoms with E-state index in [0.29, 0.717) is 225 Å². The molecule has 7 aliphatic heterocycles. The van der Waals surface area contributed by atoms with Crippen LogP contribution in [0.4, 0.5) is 23.7 Å². The largest absolute Gasteiger partial charge is 0.459 e. The van der Waals surface area contributed by atoms with Crippen LogP contribution in [0.1, 0.15) is 170 Å². The number of hydrogen-bond acceptors (Lipinski definition) is 33. The first kappa shape index (κ1) is 100. The van der Waals surface area contributed by atoms with Crippen LogP contribution in [0.15, 0.2) is 119 Å². The number of rotatable bonds is 34. The van der Waals surface area contributed by atoms with Gasteiger partial charge in [-0.15, -0.1) is 0 Å². The lowest BCUT2D eigenvalue weighted by atomic mass is 9.80. The Morgan fingerprint density at radius 2 is 1.50 bits per heavy atom. The zero-order chi connectivity index (χ0) is 97.0. The molecule has 15 rings (SSSR count). The fraction of sp³-hybridized carbons (Fsp3) is 0.586. The van der Waals surface area contributed by atoms with E-state index in [2.05, 4.69) is 69.6 Å². The molecule has 5 fully saturated rings. The average Bonchev–Trinajstić information content (AvgIpc) is 1.76. The number of ketones is 1. The van der Waals surface area contributed by atoms with Crippen molar-refractivity contribution in [2.24, 2.45) is 40.5 Å². The number of amides is 4. The van der Waals surface area contributed by atoms with Gasteiger partial charge in [0.2, 0.25) is 29.7 Å². The Hall–Kier alpha value is -11.2. The maximum atomic E-state index is 14.7. The van der Waals surface area contributed by atoms with Crippen molar-refractivity contribution in [3.05, 3.63) is 143 Å². The van der Waals surface area contributed by atoms with Gasteiger partial charge in [-0.05, 0) is 149 Å². The fourth-order valence-electron chi connectivity index (χ4n) is 20.5. The number of benzene rings is 2. The molecule has 17 atom stereocenters. The number of anilines is 4. The SMILES string of the molecule is C=C/C=C/C=C(\C)[C@H](C[C@@H]1CC[C@@H](C)[C@](O)(C(=O)C(=O)N2CCCC[C@H]2C(=O)O[C@@H](C[C@@H](O)[C@H](C)/C=C(\C)[C@@H](O)[C@@H](O)/C2=N/OC(C(=O)N3CCc4nc(N5CCN(C(=O)CCOCCN6CCN(c7ncc(C(=O)N8CCc9cc(Cn%10nc(-c%11ccc%12oc(N)nc%12c%11)c%11c(N)ncnc%11%10)ccc9C8)cn7)CC6)CC5)ncc4C3)C[C@H](C)C[C@H]2C)[C@H](N)C[C@@H]2CC[C@@H](O)[C@H](OC)C2)O1)OC. The van der Waals surface area contributed by atoms with E-state index in [4.69, 9.17) is 65.2 Å². The molecule has 7 aromatic rings. The average molecular weight is 1890 g/mol. The minimum atomic E-state index is -2.49. The Balaban J connectivity index is 0.478. The molecular formula is C99H134N20O18. The van der Waals surface area contributed by atoms with Crippen molar-refractivity contribution in [1.29, 1.82) is 0 Å². The molecule has 4 saturated heterocycles. The predicted octanol–water partition coefficient (Wildman–Crippen LogP) is 6.60. The third-order valence-corrected chi connectivity index (χ3v) is 28.8. The number of fused-ring (bicyclic) bond motifs is 4. The molecule has 1 aliphatic carbocycles. The van der Waals surface area contributed by atoms with E-state index in [1.54, 1.807) is 75.7 Å². The van der Waals surface area contributed by atoms with Crippen LogP contribution in [0.2, 0.25) is 0 Å². The lowest BCUT2D eigenvalue weighted by molar-refractivity contribution is -0.265. The zero-order valence-electron chi connectivity index (χ0n) is 79.8. The number of allylic oxidation sites excluding steroid dienone is 4. The van der Waals surface area contributed by atoms with Crippen LogP contribution in [0.3, 0.4) is 0 Å². The number of nitrogen functional groups attached to an aromatic ring is 2. The number of hydrogen-bond donors (Lipinski definition) is 8. The number of Topliss-reactive ketones (excluding diaryl/α,β-unsaturated/α-hetero) is 1. The summed E-state index contributed by atoms with van der Waals surface area (Å²) in [5.74, 6) is -6.53. The molecule has 2 aromatic carbocycles. The van der Waals surface area contributed by atoms with Gasteiger partial charge < -0.3 is 105 Å². The number of aliphatic hydroxyl groups is 5. The minimum absolute atomic E-state index is 0.0192. The highest BCUT2D eigenvalue weighted by Crippen LogP contribution is 2.40. The van der Waals surface area contributed by atoms with E-state index in [0.717, 1.165) is 57.1 Å². The number of nitrogens with two attached hydrogens (primary N) is 3. The highest BCUT2D eigenvalue weighted by molar-refractivity contribution is 6.39. The standard InChI is InChI=1S/C99H134N20O18/c1-10-11-12-15-59(3)79(131-8)49-71-22-17-63(7)99(130,136-71)89(125)94(128)118-28-14-13-16-75(118)95(129)134-80(72(100)46-64-19-23-76(120)81(47-64)132-9)50-77(121)60(4)44-62(6)87(123)88(124)85-61(5)42-58(2)43-82(137-111-85)93(127)117-30-26-73-70(56-117)53-105-98(109-73)115-37-35-113(36-38-115)83(122)27-40-133-41-39-112-31-33-114(34-32-112)97-103-51-69(52-104-97)92(126)116-29-25-66-45-65(18-20-68(66)55-116)54-119-91-84(90(101)106-57-107-91)86(110-119)67-21-24-78-74(48-67)108-96(102)135-78/h10-12,15,18,20-21,24,44-45,48,51-53,57-58,60-61,63-64,71-72,75-77,79-82,87-88,120-121,123-124,130H,1,13-14,16-17,19,22-23,25-43,46-47,49-50,54-56,100H2,2-9H3,(H2,102,108)(H2,101,106,107)/b12-11+,59-15+,62-44+,111-85+/t58-,60-,61-,63-,64+,71+,72-,75+,76-,77-,79+,80+,81-,82?,87-,88+,99-/m1/s1. The maximum Gasteiger partial charge on any atom is 0.329 e. The number of likely N-dealkylation sites (tertiary alicyclic amines) is 1. The number of piperidine rings is 1. The van der Waals surface area contributed by atoms with Crippen LogP contribution < -0.4 is 27.0 Å². The van der Waals surface area contributed by atoms with Crippen LogP contribution in [-0.2, 0) is 85.0 Å². The summed E-state index contributed by atoms with van der Waals surface area (Å²) in [5.41, 5.74) is 29.0. The number of piperazine rings is 2. The normalized spacial score (nSPS) is 25.3. The van der Waals surface area contributed by atoms with E-state index < -0.39 is 102 Å². The van der Waals surface area contributed by atoms with Gasteiger partial charge in [0.25, 0.3) is 29.5 Å². The summed E-state index contributed by atoms with van der Waals surface area (Å²) in [7, 11) is 3.10. The number of aliphatic hydroxyl groups excluding tert-OH is 4. The quantitative estimate of drug-likeness (QED) is 0.00692. The highest BCUT2D eigenvalue weighted by Gasteiger charge is 2.54. The molecule has 8 aliphatic rings. The Morgan fingerprint density at radius 1 is 0.752 bits per heavy atom. The maximum absolute atomic E-state index is 14.7. The lowest BCUT2D eigenvalue weighted by Gasteiger charge is -2.42. The third kappa shape index (κ3) is 23.7. The molecule has 11 N–H and O–H groups in total. The van der Waals surface area contributed by atoms with E-state index in [1.807, 2.05) is 59.5 Å². The van der Waals surface area contributed by atoms with Gasteiger partial charge in [0.05, 0.1) is 79.1 Å². The van der Waals surface area contributed by atoms with Gasteiger partial charge in [-0.2, -0.15) is 10.1 Å². The number of oxazole rings is 1. The van der Waals surface area contributed by atoms with E-state index in [-0.39, 0.29) is 79.6 Å². The smallest absolute Gasteiger partial charge is 0.329 e. The van der Waals surface area contributed by atoms with Crippen molar-refractivity contribution in [3.63, 3.8) is 0 Å². The summed E-state index contributed by atoms with van der Waals surface area (Å²) in [5, 5.41) is 68.9. The van der Waals surface area contributed by atoms with Crippen molar-refractivity contribution < 1.29 is 87.2 Å². The summed E-state index contributed by atoms with van der Waals surface area (Å²) in [4.78, 5) is 137. The molecular weight excluding hydrogens is 1760 g/mol. The number of carbonyl (C=O) groups excluding carboxylic acids is 6. The molecule has 4 amide bonds. The Kier molecular flexibility index (Phi) is 33.1. The molecule has 5 aromatic heterocycles. The fourth-order valence-corrected chi connectivity index (χ4v) is 20.5. The lowest BCUT2D eigenvalue weighted by Crippen LogP contribution is -2.61. The van der Waals surface area contributed by atoms with Crippen LogP contribution in [0, 0.1) is 29.6 Å². The highest BCUT2D eigenvalue weighted by atomic mass is 16.6. The molecule has 0 bridgehead atoms. The molecule has 137 heavy (non-hydrogen) atoms. The van der Waals surface area contributed by atoms with Crippen molar-refractivity contribution in [2.45, 2.75) is 237 Å². The summed E-state index contributed by atoms with van der Waals surface area (Å²) in [6.07, 6.45) is 12.8. The summed E-state index contributed by atoms with van der Waals surface area (Å²) in [6, 6.07) is 9.80. The second kappa shape index (κ2) is 45.2. The van der Waals surface area contributed by atoms with Crippen LogP contribution >= 0.6 is 0 Å². The summed E-state index contributed by atoms with van der Waals surface area (Å²) >= 11 is 0. The number of nitrogens with zero attached hydrogens (tertiary/aromatic N) is 17. The van der Waals surface area contributed by atoms with Crippen molar-refractivity contribution in [3.8, 4) is 11.3 Å². The number of oxime groups is 1. The van der Waals surface area contributed by atoms with E-state index in [1.165, 1.54) is 13.4 Å². The Bertz CT molecular complexity index is 5560. The number of carbonyl (C=O) groups is 6. The summed E-state index contributed by atoms with van der Waals surface area (Å²) < 4.78 is 37.2. The molecule has 12 heterocycles. The van der Waals surface area contributed by atoms with Crippen molar-refractivity contribution in [1.82, 2.24) is 69.2 Å². The molecule has 1 saturated carbocycles. The van der Waals surface area contributed by atoms with E-state index >= 15 is 0 Å². The minimum Gasteiger partial charge on any atom is -0.459 e. The van der Waals surface area contributed by atoms with Crippen LogP contribution in [0.25, 0.3) is 33.4 Å². The molecule has 738 valence electrons. The van der Waals surface area contributed by atoms with Crippen molar-refractivity contribution >= 4 is 87.0 Å². The van der Waals surface area contributed by atoms with E-state index in [9.17, 15) is 54.3 Å². The monoisotopic (exact) mass is 1890 g/mol. The third-order valence-electron chi connectivity index (χ3n) is 28.8. The van der Waals surface area contributed by atoms with Gasteiger partial charge in [-0.1, -0.05) is 88.0 Å². The number of aromatic nitrogens is 9. The number of ether oxygens (including phenoxy) is 5. The first-order chi connectivity index (χ1) is 65.9. The second-order valence-corrected chi connectivity index (χ2v) is 38.5. The van der Waals surface area contributed by atoms with Crippen LogP contribution in [-0.4, -0.2) is 315 Å². The topological polar surface area (TPSA) is 493 Å². The summed E-state index contributed by atoms with van der Waals surface area (Å²) in [6.45, 7) is 23.0. The first-order valence-electron chi connectivity index (χ1n) is 48.4. The first-order valence-corrected chi connectivity index (χ1v) is 48.4. The molecule has 1 unspecified atom stereocenters. The predicted molar refractivity (Wildman–Crippen MR) is 510 cm³/mol. The number of methoxy groups -OCH3 is 2. The second-order valence-electron chi connectivity index (χ2n) is 38.5. The van der Waals surface area contributed by atoms with Gasteiger partial charge in [-0.25, -0.2) is 39.4 Å². The van der Waals surface area contributed by atoms with Gasteiger partial charge >= 0.3 is 5.97 Å². The Morgan fingerprint density at radius 3 is 2.27 bits per heavy atom. The van der Waals surface area contributed by atoms with Gasteiger partial charge in [-0.3, -0.25) is 28.9 Å². The molecule has 0 radical (unpaired) electrons. The molecule has 38 nitrogen and oxygen atoms in total.